The second kappa shape index (κ2) is 7.40. The Hall–Kier alpha value is -1.20. The van der Waals surface area contributed by atoms with Gasteiger partial charge in [0.2, 0.25) is 0 Å². The number of rotatable bonds is 2. The normalized spacial score (nSPS) is 16.3. The van der Waals surface area contributed by atoms with Crippen LogP contribution >= 0.6 is 11.6 Å². The van der Waals surface area contributed by atoms with E-state index < -0.39 is 0 Å². The molecule has 1 aromatic rings. The van der Waals surface area contributed by atoms with Gasteiger partial charge in [0.15, 0.2) is 0 Å². The van der Waals surface area contributed by atoms with Crippen LogP contribution in [0.4, 0.5) is 4.39 Å². The molecule has 102 valence electrons. The predicted octanol–water partition coefficient (Wildman–Crippen LogP) is 4.52. The number of ether oxygens (including phenoxy) is 1. The fraction of sp³-hybridized carbons (Fsp3) is 0.500. The number of hydrogen-bond donors (Lipinski definition) is 0. The van der Waals surface area contributed by atoms with Gasteiger partial charge in [0, 0.05) is 6.07 Å². The van der Waals surface area contributed by atoms with E-state index in [1.54, 1.807) is 12.1 Å². The molecule has 0 N–H and O–H groups in total. The molecule has 0 radical (unpaired) electrons. The molecule has 0 amide bonds. The summed E-state index contributed by atoms with van der Waals surface area (Å²) in [6.07, 6.45) is 7.31. The molecule has 0 heterocycles. The van der Waals surface area contributed by atoms with Crippen molar-refractivity contribution in [3.05, 3.63) is 29.6 Å². The fourth-order valence-electron chi connectivity index (χ4n) is 2.35. The fourth-order valence-corrected chi connectivity index (χ4v) is 2.42. The summed E-state index contributed by atoms with van der Waals surface area (Å²) < 4.78 is 19.6. The standard InChI is InChI=1S/C16H18ClFO/c17-11-5-6-13-9-10-15(12-16(13)18)19-14-7-3-1-2-4-8-14/h9-10,12,14H,1-4,7-8,11H2. The number of benzene rings is 1. The van der Waals surface area contributed by atoms with Crippen LogP contribution in [0.25, 0.3) is 0 Å². The summed E-state index contributed by atoms with van der Waals surface area (Å²) >= 11 is 5.46. The average Bonchev–Trinajstić information content (AvgIpc) is 2.66. The second-order valence-corrected chi connectivity index (χ2v) is 5.08. The summed E-state index contributed by atoms with van der Waals surface area (Å²) in [5.74, 6) is 5.80. The predicted molar refractivity (Wildman–Crippen MR) is 76.1 cm³/mol. The molecular weight excluding hydrogens is 263 g/mol. The Morgan fingerprint density at radius 2 is 1.95 bits per heavy atom. The van der Waals surface area contributed by atoms with E-state index >= 15 is 0 Å². The van der Waals surface area contributed by atoms with Crippen molar-refractivity contribution in [2.45, 2.75) is 44.6 Å². The van der Waals surface area contributed by atoms with Gasteiger partial charge >= 0.3 is 0 Å². The Bertz CT molecular complexity index is 467. The minimum atomic E-state index is -0.344. The maximum absolute atomic E-state index is 13.8. The summed E-state index contributed by atoms with van der Waals surface area (Å²) in [7, 11) is 0. The first-order valence-electron chi connectivity index (χ1n) is 6.80. The first kappa shape index (κ1) is 14.2. The van der Waals surface area contributed by atoms with E-state index in [1.165, 1.54) is 31.7 Å². The third kappa shape index (κ3) is 4.44. The van der Waals surface area contributed by atoms with Crippen molar-refractivity contribution in [3.8, 4) is 17.6 Å². The third-order valence-electron chi connectivity index (χ3n) is 3.34. The first-order valence-corrected chi connectivity index (χ1v) is 7.34. The van der Waals surface area contributed by atoms with Crippen molar-refractivity contribution in [2.75, 3.05) is 5.88 Å². The van der Waals surface area contributed by atoms with E-state index in [4.69, 9.17) is 16.3 Å². The number of alkyl halides is 1. The summed E-state index contributed by atoms with van der Waals surface area (Å²) in [6.45, 7) is 0. The van der Waals surface area contributed by atoms with Gasteiger partial charge in [-0.25, -0.2) is 4.39 Å². The van der Waals surface area contributed by atoms with Crippen molar-refractivity contribution >= 4 is 11.6 Å². The lowest BCUT2D eigenvalue weighted by molar-refractivity contribution is 0.183. The molecular formula is C16H18ClFO. The van der Waals surface area contributed by atoms with Crippen LogP contribution in [0.1, 0.15) is 44.1 Å². The quantitative estimate of drug-likeness (QED) is 0.440. The molecule has 3 heteroatoms. The smallest absolute Gasteiger partial charge is 0.142 e. The highest BCUT2D eigenvalue weighted by Gasteiger charge is 2.14. The van der Waals surface area contributed by atoms with Crippen LogP contribution in [0.5, 0.6) is 5.75 Å². The van der Waals surface area contributed by atoms with E-state index in [9.17, 15) is 4.39 Å². The van der Waals surface area contributed by atoms with Gasteiger partial charge in [0.25, 0.3) is 0 Å². The van der Waals surface area contributed by atoms with Gasteiger partial charge in [-0.1, -0.05) is 24.7 Å². The minimum Gasteiger partial charge on any atom is -0.490 e. The van der Waals surface area contributed by atoms with Crippen LogP contribution < -0.4 is 4.74 Å². The molecule has 1 fully saturated rings. The van der Waals surface area contributed by atoms with E-state index in [1.807, 2.05) is 0 Å². The van der Waals surface area contributed by atoms with Crippen LogP contribution in [-0.2, 0) is 0 Å². The molecule has 0 bridgehead atoms. The maximum atomic E-state index is 13.8. The molecule has 19 heavy (non-hydrogen) atoms. The number of halogens is 2. The molecule has 1 aliphatic carbocycles. The maximum Gasteiger partial charge on any atom is 0.142 e. The van der Waals surface area contributed by atoms with Crippen molar-refractivity contribution in [2.24, 2.45) is 0 Å². The molecule has 1 aliphatic rings. The zero-order valence-corrected chi connectivity index (χ0v) is 11.7. The van der Waals surface area contributed by atoms with E-state index in [0.717, 1.165) is 12.8 Å². The monoisotopic (exact) mass is 280 g/mol. The van der Waals surface area contributed by atoms with Crippen LogP contribution in [0.3, 0.4) is 0 Å². The zero-order chi connectivity index (χ0) is 13.5. The van der Waals surface area contributed by atoms with E-state index in [0.29, 0.717) is 11.3 Å². The molecule has 0 aliphatic heterocycles. The van der Waals surface area contributed by atoms with Crippen molar-refractivity contribution in [1.82, 2.24) is 0 Å². The highest BCUT2D eigenvalue weighted by molar-refractivity contribution is 6.19. The molecule has 1 saturated carbocycles. The summed E-state index contributed by atoms with van der Waals surface area (Å²) in [4.78, 5) is 0. The largest absolute Gasteiger partial charge is 0.490 e. The zero-order valence-electron chi connectivity index (χ0n) is 10.9. The van der Waals surface area contributed by atoms with Crippen molar-refractivity contribution in [1.29, 1.82) is 0 Å². The summed E-state index contributed by atoms with van der Waals surface area (Å²) in [5, 5.41) is 0. The molecule has 0 unspecified atom stereocenters. The third-order valence-corrected chi connectivity index (χ3v) is 3.47. The summed E-state index contributed by atoms with van der Waals surface area (Å²) in [6, 6.07) is 4.86. The van der Waals surface area contributed by atoms with Gasteiger partial charge in [0.1, 0.15) is 11.6 Å². The van der Waals surface area contributed by atoms with Gasteiger partial charge in [-0.05, 0) is 37.8 Å². The van der Waals surface area contributed by atoms with E-state index in [2.05, 4.69) is 11.8 Å². The van der Waals surface area contributed by atoms with Crippen LogP contribution in [0.2, 0.25) is 0 Å². The molecule has 0 saturated heterocycles. The lowest BCUT2D eigenvalue weighted by atomic mass is 10.1. The van der Waals surface area contributed by atoms with Gasteiger partial charge < -0.3 is 4.74 Å². The van der Waals surface area contributed by atoms with Gasteiger partial charge in [0.05, 0.1) is 17.5 Å². The Kier molecular flexibility index (Phi) is 5.54. The highest BCUT2D eigenvalue weighted by atomic mass is 35.5. The van der Waals surface area contributed by atoms with Crippen molar-refractivity contribution < 1.29 is 9.13 Å². The number of hydrogen-bond acceptors (Lipinski definition) is 1. The van der Waals surface area contributed by atoms with Gasteiger partial charge in [-0.3, -0.25) is 0 Å². The first-order chi connectivity index (χ1) is 9.29. The lowest BCUT2D eigenvalue weighted by Crippen LogP contribution is -2.15. The van der Waals surface area contributed by atoms with Gasteiger partial charge in [-0.2, -0.15) is 0 Å². The molecule has 0 spiro atoms. The van der Waals surface area contributed by atoms with E-state index in [-0.39, 0.29) is 17.8 Å². The Balaban J connectivity index is 2.02. The Morgan fingerprint density at radius 3 is 2.58 bits per heavy atom. The van der Waals surface area contributed by atoms with Gasteiger partial charge in [-0.15, -0.1) is 11.6 Å². The van der Waals surface area contributed by atoms with Crippen LogP contribution in [0, 0.1) is 17.7 Å². The molecule has 0 aromatic heterocycles. The minimum absolute atomic E-state index is 0.208. The SMILES string of the molecule is Fc1cc(OC2CCCCCC2)ccc1C#CCCl. The van der Waals surface area contributed by atoms with Crippen molar-refractivity contribution in [3.63, 3.8) is 0 Å². The molecule has 2 rings (SSSR count). The second-order valence-electron chi connectivity index (χ2n) is 4.81. The average molecular weight is 281 g/mol. The Morgan fingerprint density at radius 1 is 1.21 bits per heavy atom. The molecule has 1 nitrogen and oxygen atoms in total. The topological polar surface area (TPSA) is 9.23 Å². The van der Waals surface area contributed by atoms with Crippen LogP contribution in [0.15, 0.2) is 18.2 Å². The van der Waals surface area contributed by atoms with Crippen LogP contribution in [-0.4, -0.2) is 12.0 Å². The highest BCUT2D eigenvalue weighted by Crippen LogP contribution is 2.24. The molecule has 0 atom stereocenters. The lowest BCUT2D eigenvalue weighted by Gasteiger charge is -2.17. The Labute approximate surface area is 119 Å². The molecule has 1 aromatic carbocycles. The summed E-state index contributed by atoms with van der Waals surface area (Å²) in [5.41, 5.74) is 0.369.